The molecule has 2 aromatic rings. The number of carbonyl (C=O) groups excluding carboxylic acids is 1. The van der Waals surface area contributed by atoms with Crippen LogP contribution >= 0.6 is 11.3 Å². The first kappa shape index (κ1) is 15.3. The number of thiophene rings is 1. The second-order valence-electron chi connectivity index (χ2n) is 6.00. The number of hydrogen-bond acceptors (Lipinski definition) is 3. The average molecular weight is 314 g/mol. The Kier molecular flexibility index (Phi) is 4.60. The maximum absolute atomic E-state index is 12.4. The Morgan fingerprint density at radius 1 is 1.09 bits per heavy atom. The summed E-state index contributed by atoms with van der Waals surface area (Å²) in [7, 11) is 0. The molecule has 0 unspecified atom stereocenters. The van der Waals surface area contributed by atoms with E-state index in [1.807, 2.05) is 23.3 Å². The van der Waals surface area contributed by atoms with Gasteiger partial charge in [-0.15, -0.1) is 11.3 Å². The number of rotatable bonds is 3. The van der Waals surface area contributed by atoms with E-state index in [-0.39, 0.29) is 5.91 Å². The molecule has 0 radical (unpaired) electrons. The summed E-state index contributed by atoms with van der Waals surface area (Å²) in [6, 6.07) is 10.7. The highest BCUT2D eigenvalue weighted by Crippen LogP contribution is 2.17. The summed E-state index contributed by atoms with van der Waals surface area (Å²) in [5.74, 6) is 0.180. The van der Waals surface area contributed by atoms with Crippen LogP contribution in [-0.4, -0.2) is 41.9 Å². The van der Waals surface area contributed by atoms with E-state index in [1.54, 1.807) is 11.3 Å². The van der Waals surface area contributed by atoms with Crippen LogP contribution in [0.3, 0.4) is 0 Å². The van der Waals surface area contributed by atoms with Crippen LogP contribution in [0.1, 0.15) is 26.4 Å². The van der Waals surface area contributed by atoms with Crippen molar-refractivity contribution in [1.82, 2.24) is 9.80 Å². The van der Waals surface area contributed by atoms with Crippen LogP contribution in [0.5, 0.6) is 0 Å². The van der Waals surface area contributed by atoms with Crippen molar-refractivity contribution in [3.05, 3.63) is 57.3 Å². The summed E-state index contributed by atoms with van der Waals surface area (Å²) in [5.41, 5.74) is 3.48. The number of nitrogens with zero attached hydrogens (tertiary/aromatic N) is 2. The van der Waals surface area contributed by atoms with Gasteiger partial charge in [-0.25, -0.2) is 0 Å². The third-order valence-electron chi connectivity index (χ3n) is 4.16. The molecular formula is C18H22N2OS. The second-order valence-corrected chi connectivity index (χ2v) is 7.12. The Hall–Kier alpha value is -1.65. The lowest BCUT2D eigenvalue weighted by molar-refractivity contribution is 0.0629. The summed E-state index contributed by atoms with van der Waals surface area (Å²) in [6.45, 7) is 8.66. The van der Waals surface area contributed by atoms with Crippen LogP contribution in [0.4, 0.5) is 0 Å². The third-order valence-corrected chi connectivity index (χ3v) is 5.03. The molecule has 0 bridgehead atoms. The molecule has 1 saturated heterocycles. The second kappa shape index (κ2) is 6.63. The molecular weight excluding hydrogens is 292 g/mol. The molecule has 1 aliphatic heterocycles. The van der Waals surface area contributed by atoms with E-state index in [1.165, 1.54) is 16.0 Å². The molecule has 116 valence electrons. The van der Waals surface area contributed by atoms with Crippen molar-refractivity contribution in [2.75, 3.05) is 26.2 Å². The number of carbonyl (C=O) groups is 1. The van der Waals surface area contributed by atoms with Crippen LogP contribution in [0.15, 0.2) is 35.7 Å². The molecule has 2 heterocycles. The van der Waals surface area contributed by atoms with Gasteiger partial charge in [0.25, 0.3) is 5.91 Å². The van der Waals surface area contributed by atoms with Crippen molar-refractivity contribution in [2.45, 2.75) is 20.4 Å². The minimum absolute atomic E-state index is 0.180. The first-order chi connectivity index (χ1) is 10.6. The zero-order chi connectivity index (χ0) is 15.5. The van der Waals surface area contributed by atoms with Gasteiger partial charge in [0.05, 0.1) is 5.56 Å². The van der Waals surface area contributed by atoms with Gasteiger partial charge < -0.3 is 4.90 Å². The van der Waals surface area contributed by atoms with Crippen molar-refractivity contribution in [2.24, 2.45) is 0 Å². The van der Waals surface area contributed by atoms with Crippen LogP contribution < -0.4 is 0 Å². The van der Waals surface area contributed by atoms with E-state index in [9.17, 15) is 4.79 Å². The van der Waals surface area contributed by atoms with E-state index in [0.29, 0.717) is 0 Å². The Morgan fingerprint density at radius 2 is 1.77 bits per heavy atom. The number of hydrogen-bond donors (Lipinski definition) is 0. The fourth-order valence-corrected chi connectivity index (χ4v) is 3.48. The van der Waals surface area contributed by atoms with Gasteiger partial charge in [0.2, 0.25) is 0 Å². The zero-order valence-corrected chi connectivity index (χ0v) is 14.0. The van der Waals surface area contributed by atoms with Crippen LogP contribution in [0.2, 0.25) is 0 Å². The predicted molar refractivity (Wildman–Crippen MR) is 91.4 cm³/mol. The number of aryl methyl sites for hydroxylation is 2. The van der Waals surface area contributed by atoms with Crippen molar-refractivity contribution in [3.63, 3.8) is 0 Å². The van der Waals surface area contributed by atoms with E-state index in [4.69, 9.17) is 0 Å². The van der Waals surface area contributed by atoms with Gasteiger partial charge in [-0.3, -0.25) is 9.69 Å². The standard InChI is InChI=1S/C18H22N2OS/c1-14-3-5-16(6-4-14)12-19-7-9-20(10-8-19)18(21)17-11-15(2)22-13-17/h3-6,11,13H,7-10,12H2,1-2H3. The van der Waals surface area contributed by atoms with Crippen molar-refractivity contribution in [1.29, 1.82) is 0 Å². The molecule has 3 nitrogen and oxygen atoms in total. The first-order valence-electron chi connectivity index (χ1n) is 7.74. The largest absolute Gasteiger partial charge is 0.336 e. The molecule has 0 aliphatic carbocycles. The lowest BCUT2D eigenvalue weighted by Gasteiger charge is -2.34. The summed E-state index contributed by atoms with van der Waals surface area (Å²) in [5, 5.41) is 1.97. The predicted octanol–water partition coefficient (Wildman–Crippen LogP) is 3.32. The van der Waals surface area contributed by atoms with Crippen molar-refractivity contribution in [3.8, 4) is 0 Å². The molecule has 0 saturated carbocycles. The fraction of sp³-hybridized carbons (Fsp3) is 0.389. The normalized spacial score (nSPS) is 16.0. The molecule has 1 fully saturated rings. The number of benzene rings is 1. The van der Waals surface area contributed by atoms with Crippen LogP contribution in [0, 0.1) is 13.8 Å². The number of amides is 1. The van der Waals surface area contributed by atoms with E-state index < -0.39 is 0 Å². The molecule has 1 aliphatic rings. The highest BCUT2D eigenvalue weighted by atomic mass is 32.1. The minimum atomic E-state index is 0.180. The smallest absolute Gasteiger partial charge is 0.254 e. The summed E-state index contributed by atoms with van der Waals surface area (Å²) >= 11 is 1.64. The Bertz CT molecular complexity index is 639. The van der Waals surface area contributed by atoms with Gasteiger partial charge >= 0.3 is 0 Å². The Morgan fingerprint density at radius 3 is 2.36 bits per heavy atom. The molecule has 0 N–H and O–H groups in total. The maximum atomic E-state index is 12.4. The van der Waals surface area contributed by atoms with E-state index in [0.717, 1.165) is 38.3 Å². The summed E-state index contributed by atoms with van der Waals surface area (Å²) < 4.78 is 0. The molecule has 0 spiro atoms. The van der Waals surface area contributed by atoms with Crippen LogP contribution in [0.25, 0.3) is 0 Å². The lowest BCUT2D eigenvalue weighted by atomic mass is 10.1. The molecule has 0 atom stereocenters. The van der Waals surface area contributed by atoms with Gasteiger partial charge in [0.15, 0.2) is 0 Å². The quantitative estimate of drug-likeness (QED) is 0.867. The topological polar surface area (TPSA) is 23.6 Å². The highest BCUT2D eigenvalue weighted by molar-refractivity contribution is 7.10. The van der Waals surface area contributed by atoms with Gasteiger partial charge in [-0.05, 0) is 25.5 Å². The highest BCUT2D eigenvalue weighted by Gasteiger charge is 2.22. The summed E-state index contributed by atoms with van der Waals surface area (Å²) in [6.07, 6.45) is 0. The minimum Gasteiger partial charge on any atom is -0.336 e. The average Bonchev–Trinajstić information content (AvgIpc) is 2.96. The third kappa shape index (κ3) is 3.57. The summed E-state index contributed by atoms with van der Waals surface area (Å²) in [4.78, 5) is 18.0. The van der Waals surface area contributed by atoms with E-state index in [2.05, 4.69) is 36.1 Å². The van der Waals surface area contributed by atoms with Gasteiger partial charge in [0, 0.05) is 43.0 Å². The fourth-order valence-electron chi connectivity index (χ4n) is 2.80. The first-order valence-corrected chi connectivity index (χ1v) is 8.62. The van der Waals surface area contributed by atoms with Crippen molar-refractivity contribution >= 4 is 17.2 Å². The van der Waals surface area contributed by atoms with Gasteiger partial charge in [-0.2, -0.15) is 0 Å². The molecule has 22 heavy (non-hydrogen) atoms. The Balaban J connectivity index is 1.54. The maximum Gasteiger partial charge on any atom is 0.254 e. The monoisotopic (exact) mass is 314 g/mol. The van der Waals surface area contributed by atoms with Crippen molar-refractivity contribution < 1.29 is 4.79 Å². The lowest BCUT2D eigenvalue weighted by Crippen LogP contribution is -2.48. The molecule has 3 rings (SSSR count). The number of piperazine rings is 1. The van der Waals surface area contributed by atoms with Gasteiger partial charge in [0.1, 0.15) is 0 Å². The molecule has 4 heteroatoms. The van der Waals surface area contributed by atoms with E-state index >= 15 is 0 Å². The molecule has 1 aromatic heterocycles. The molecule has 1 aromatic carbocycles. The SMILES string of the molecule is Cc1ccc(CN2CCN(C(=O)c3csc(C)c3)CC2)cc1. The Labute approximate surface area is 136 Å². The van der Waals surface area contributed by atoms with Gasteiger partial charge in [-0.1, -0.05) is 29.8 Å². The van der Waals surface area contributed by atoms with Crippen LogP contribution in [-0.2, 0) is 6.54 Å². The zero-order valence-electron chi connectivity index (χ0n) is 13.2. The molecule has 1 amide bonds.